The second-order valence-corrected chi connectivity index (χ2v) is 6.17. The number of hydrogen-bond acceptors (Lipinski definition) is 3. The summed E-state index contributed by atoms with van der Waals surface area (Å²) < 4.78 is 5.60. The number of piperidine rings is 1. The topological polar surface area (TPSA) is 38.5 Å². The van der Waals surface area contributed by atoms with Gasteiger partial charge in [-0.2, -0.15) is 0 Å². The van der Waals surface area contributed by atoms with E-state index in [9.17, 15) is 0 Å². The van der Waals surface area contributed by atoms with E-state index in [-0.39, 0.29) is 0 Å². The molecule has 21 heavy (non-hydrogen) atoms. The molecular weight excluding hydrogens is 260 g/mol. The van der Waals surface area contributed by atoms with E-state index in [0.717, 1.165) is 25.3 Å². The summed E-state index contributed by atoms with van der Waals surface area (Å²) in [6, 6.07) is 12.7. The Balaban J connectivity index is 1.80. The number of benzene rings is 2. The van der Waals surface area contributed by atoms with Gasteiger partial charge in [0.1, 0.15) is 0 Å². The first-order valence-corrected chi connectivity index (χ1v) is 7.69. The van der Waals surface area contributed by atoms with E-state index < -0.39 is 0 Å². The molecule has 3 nitrogen and oxygen atoms in total. The lowest BCUT2D eigenvalue weighted by atomic mass is 9.95. The maximum absolute atomic E-state index is 6.24. The monoisotopic (exact) mass is 284 g/mol. The van der Waals surface area contributed by atoms with Crippen molar-refractivity contribution < 1.29 is 4.74 Å². The minimum absolute atomic E-state index is 0.334. The van der Waals surface area contributed by atoms with Gasteiger partial charge in [-0.05, 0) is 47.4 Å². The third-order valence-electron chi connectivity index (χ3n) is 4.68. The molecular formula is C18H24N2O. The zero-order valence-corrected chi connectivity index (χ0v) is 12.9. The fraction of sp³-hybridized carbons (Fsp3) is 0.444. The van der Waals surface area contributed by atoms with Gasteiger partial charge < -0.3 is 10.5 Å². The summed E-state index contributed by atoms with van der Waals surface area (Å²) in [7, 11) is 1.81. The summed E-state index contributed by atoms with van der Waals surface area (Å²) in [5, 5.41) is 2.47. The van der Waals surface area contributed by atoms with Crippen LogP contribution in [0, 0.1) is 5.92 Å². The first-order chi connectivity index (χ1) is 10.2. The lowest BCUT2D eigenvalue weighted by Gasteiger charge is -2.36. The molecule has 2 atom stereocenters. The normalized spacial score (nSPS) is 23.5. The minimum atomic E-state index is 0.334. The molecule has 0 amide bonds. The van der Waals surface area contributed by atoms with Crippen LogP contribution < -0.4 is 5.73 Å². The van der Waals surface area contributed by atoms with Crippen molar-refractivity contribution in [1.29, 1.82) is 0 Å². The van der Waals surface area contributed by atoms with E-state index in [1.807, 2.05) is 7.11 Å². The highest BCUT2D eigenvalue weighted by Gasteiger charge is 2.26. The van der Waals surface area contributed by atoms with Gasteiger partial charge in [-0.1, -0.05) is 31.2 Å². The number of anilines is 1. The molecule has 2 N–H and O–H groups in total. The average Bonchev–Trinajstić information content (AvgIpc) is 2.50. The highest BCUT2D eigenvalue weighted by atomic mass is 16.5. The van der Waals surface area contributed by atoms with Crippen molar-refractivity contribution in [2.24, 2.45) is 5.92 Å². The summed E-state index contributed by atoms with van der Waals surface area (Å²) in [4.78, 5) is 2.45. The van der Waals surface area contributed by atoms with Crippen molar-refractivity contribution in [2.75, 3.05) is 25.9 Å². The number of likely N-dealkylation sites (tertiary alicyclic amines) is 1. The third-order valence-corrected chi connectivity index (χ3v) is 4.68. The van der Waals surface area contributed by atoms with Crippen LogP contribution in [0.4, 0.5) is 5.69 Å². The van der Waals surface area contributed by atoms with E-state index in [1.54, 1.807) is 0 Å². The highest BCUT2D eigenvalue weighted by molar-refractivity contribution is 5.86. The Morgan fingerprint density at radius 1 is 1.24 bits per heavy atom. The molecule has 1 fully saturated rings. The van der Waals surface area contributed by atoms with Crippen LogP contribution in [0.15, 0.2) is 36.4 Å². The summed E-state index contributed by atoms with van der Waals surface area (Å²) >= 11 is 0. The number of fused-ring (bicyclic) bond motifs is 1. The molecule has 1 aliphatic rings. The number of rotatable bonds is 3. The molecule has 112 valence electrons. The molecule has 1 saturated heterocycles. The van der Waals surface area contributed by atoms with Gasteiger partial charge in [0.15, 0.2) is 0 Å². The third kappa shape index (κ3) is 3.04. The van der Waals surface area contributed by atoms with Crippen molar-refractivity contribution in [3.63, 3.8) is 0 Å². The Hall–Kier alpha value is -1.58. The quantitative estimate of drug-likeness (QED) is 0.879. The molecule has 2 aromatic rings. The van der Waals surface area contributed by atoms with Gasteiger partial charge in [0, 0.05) is 25.9 Å². The second-order valence-electron chi connectivity index (χ2n) is 6.17. The van der Waals surface area contributed by atoms with E-state index in [0.29, 0.717) is 12.0 Å². The second kappa shape index (κ2) is 6.04. The first kappa shape index (κ1) is 14.4. The molecule has 0 aliphatic carbocycles. The molecule has 3 heteroatoms. The van der Waals surface area contributed by atoms with Gasteiger partial charge in [-0.15, -0.1) is 0 Å². The maximum Gasteiger partial charge on any atom is 0.0724 e. The molecule has 3 rings (SSSR count). The van der Waals surface area contributed by atoms with Crippen LogP contribution in [-0.2, 0) is 11.3 Å². The van der Waals surface area contributed by atoms with Gasteiger partial charge in [0.25, 0.3) is 0 Å². The van der Waals surface area contributed by atoms with E-state index in [1.165, 1.54) is 22.8 Å². The average molecular weight is 284 g/mol. The fourth-order valence-electron chi connectivity index (χ4n) is 3.23. The van der Waals surface area contributed by atoms with Crippen LogP contribution in [0.1, 0.15) is 18.9 Å². The van der Waals surface area contributed by atoms with Gasteiger partial charge in [0.2, 0.25) is 0 Å². The summed E-state index contributed by atoms with van der Waals surface area (Å²) in [6.45, 7) is 5.29. The Kier molecular flexibility index (Phi) is 4.13. The zero-order chi connectivity index (χ0) is 14.8. The number of hydrogen-bond donors (Lipinski definition) is 1. The lowest BCUT2D eigenvalue weighted by molar-refractivity contribution is -0.00738. The number of nitrogen functional groups attached to an aromatic ring is 1. The number of nitrogens with two attached hydrogens (primary N) is 1. The lowest BCUT2D eigenvalue weighted by Crippen LogP contribution is -2.43. The Bertz CT molecular complexity index is 626. The number of ether oxygens (including phenoxy) is 1. The molecule has 0 radical (unpaired) electrons. The Morgan fingerprint density at radius 2 is 1.95 bits per heavy atom. The van der Waals surface area contributed by atoms with E-state index in [4.69, 9.17) is 10.5 Å². The van der Waals surface area contributed by atoms with Crippen LogP contribution in [-0.4, -0.2) is 31.2 Å². The van der Waals surface area contributed by atoms with Crippen LogP contribution >= 0.6 is 0 Å². The number of nitrogens with zero attached hydrogens (tertiary/aromatic N) is 1. The molecule has 2 aromatic carbocycles. The van der Waals surface area contributed by atoms with Crippen LogP contribution in [0.3, 0.4) is 0 Å². The maximum atomic E-state index is 6.24. The van der Waals surface area contributed by atoms with Gasteiger partial charge in [-0.3, -0.25) is 4.90 Å². The standard InChI is InChI=1S/C18H24N2O/c1-13-7-8-20(12-18(13)21-2)11-16-9-14-5-3-4-6-15(14)10-17(16)19/h3-6,9-10,13,18H,7-8,11-12,19H2,1-2H3. The van der Waals surface area contributed by atoms with E-state index >= 15 is 0 Å². The Labute approximate surface area is 126 Å². The molecule has 1 heterocycles. The Morgan fingerprint density at radius 3 is 2.67 bits per heavy atom. The number of methoxy groups -OCH3 is 1. The van der Waals surface area contributed by atoms with Crippen molar-refractivity contribution in [2.45, 2.75) is 26.0 Å². The summed E-state index contributed by atoms with van der Waals surface area (Å²) in [5.41, 5.74) is 8.35. The van der Waals surface area contributed by atoms with Crippen LogP contribution in [0.25, 0.3) is 10.8 Å². The predicted octanol–water partition coefficient (Wildman–Crippen LogP) is 3.28. The van der Waals surface area contributed by atoms with Crippen LogP contribution in [0.5, 0.6) is 0 Å². The molecule has 0 spiro atoms. The highest BCUT2D eigenvalue weighted by Crippen LogP contribution is 2.26. The fourth-order valence-corrected chi connectivity index (χ4v) is 3.23. The van der Waals surface area contributed by atoms with Gasteiger partial charge in [0.05, 0.1) is 6.10 Å². The van der Waals surface area contributed by atoms with E-state index in [2.05, 4.69) is 48.2 Å². The summed E-state index contributed by atoms with van der Waals surface area (Å²) in [5.74, 6) is 0.639. The molecule has 1 aliphatic heterocycles. The summed E-state index contributed by atoms with van der Waals surface area (Å²) in [6.07, 6.45) is 1.52. The predicted molar refractivity (Wildman–Crippen MR) is 88.2 cm³/mol. The van der Waals surface area contributed by atoms with Crippen molar-refractivity contribution >= 4 is 16.5 Å². The molecule has 0 saturated carbocycles. The molecule has 0 aromatic heterocycles. The first-order valence-electron chi connectivity index (χ1n) is 7.69. The molecule has 2 unspecified atom stereocenters. The largest absolute Gasteiger partial charge is 0.398 e. The SMILES string of the molecule is COC1CN(Cc2cc3ccccc3cc2N)CCC1C. The van der Waals surface area contributed by atoms with Crippen LogP contribution in [0.2, 0.25) is 0 Å². The van der Waals surface area contributed by atoms with Gasteiger partial charge in [-0.25, -0.2) is 0 Å². The zero-order valence-electron chi connectivity index (χ0n) is 12.9. The van der Waals surface area contributed by atoms with Crippen molar-refractivity contribution in [3.8, 4) is 0 Å². The smallest absolute Gasteiger partial charge is 0.0724 e. The van der Waals surface area contributed by atoms with Gasteiger partial charge >= 0.3 is 0 Å². The minimum Gasteiger partial charge on any atom is -0.398 e. The van der Waals surface area contributed by atoms with Crippen molar-refractivity contribution in [1.82, 2.24) is 4.90 Å². The van der Waals surface area contributed by atoms with Crippen molar-refractivity contribution in [3.05, 3.63) is 42.0 Å². The molecule has 0 bridgehead atoms.